The van der Waals surface area contributed by atoms with Gasteiger partial charge in [-0.05, 0) is 43.0 Å². The van der Waals surface area contributed by atoms with Crippen LogP contribution in [0, 0.1) is 13.8 Å². The zero-order valence-electron chi connectivity index (χ0n) is 16.0. The highest BCUT2D eigenvalue weighted by Gasteiger charge is 2.19. The Balaban J connectivity index is 1.51. The van der Waals surface area contributed by atoms with Gasteiger partial charge in [0.05, 0.1) is 6.54 Å². The molecule has 0 radical (unpaired) electrons. The topological polar surface area (TPSA) is 71.3 Å². The lowest BCUT2D eigenvalue weighted by molar-refractivity contribution is -0.115. The fraction of sp³-hybridized carbons (Fsp3) is 0.130. The van der Waals surface area contributed by atoms with E-state index in [2.05, 4.69) is 26.6 Å². The number of furan rings is 1. The summed E-state index contributed by atoms with van der Waals surface area (Å²) in [4.78, 5) is 24.9. The average Bonchev–Trinajstić information content (AvgIpc) is 3.05. The average molecular weight is 451 g/mol. The molecule has 5 nitrogen and oxygen atoms in total. The zero-order chi connectivity index (χ0) is 20.5. The van der Waals surface area contributed by atoms with Crippen molar-refractivity contribution < 1.29 is 14.0 Å². The van der Waals surface area contributed by atoms with E-state index in [4.69, 9.17) is 4.42 Å². The van der Waals surface area contributed by atoms with E-state index in [1.54, 1.807) is 0 Å². The van der Waals surface area contributed by atoms with Crippen molar-refractivity contribution in [3.8, 4) is 0 Å². The Kier molecular flexibility index (Phi) is 5.11. The van der Waals surface area contributed by atoms with Crippen LogP contribution in [-0.2, 0) is 4.79 Å². The van der Waals surface area contributed by atoms with Crippen LogP contribution in [0.15, 0.2) is 63.5 Å². The second-order valence-corrected chi connectivity index (χ2v) is 7.83. The molecular weight excluding hydrogens is 432 g/mol. The van der Waals surface area contributed by atoms with Crippen LogP contribution in [0.1, 0.15) is 21.7 Å². The van der Waals surface area contributed by atoms with E-state index >= 15 is 0 Å². The molecule has 0 saturated heterocycles. The van der Waals surface area contributed by atoms with Crippen LogP contribution in [0.4, 0.5) is 5.69 Å². The zero-order valence-corrected chi connectivity index (χ0v) is 17.6. The third-order valence-corrected chi connectivity index (χ3v) is 5.40. The first-order valence-electron chi connectivity index (χ1n) is 9.19. The van der Waals surface area contributed by atoms with Gasteiger partial charge in [-0.3, -0.25) is 9.59 Å². The van der Waals surface area contributed by atoms with Crippen molar-refractivity contribution in [2.24, 2.45) is 0 Å². The molecule has 1 heterocycles. The molecule has 0 aliphatic heterocycles. The Morgan fingerprint density at radius 2 is 1.79 bits per heavy atom. The van der Waals surface area contributed by atoms with Crippen LogP contribution in [0.3, 0.4) is 0 Å². The first kappa shape index (κ1) is 19.2. The van der Waals surface area contributed by atoms with Gasteiger partial charge in [0.25, 0.3) is 5.91 Å². The van der Waals surface area contributed by atoms with Gasteiger partial charge in [0.15, 0.2) is 5.76 Å². The highest BCUT2D eigenvalue weighted by Crippen LogP contribution is 2.31. The summed E-state index contributed by atoms with van der Waals surface area (Å²) in [5.41, 5.74) is 3.07. The van der Waals surface area contributed by atoms with E-state index < -0.39 is 5.91 Å². The summed E-state index contributed by atoms with van der Waals surface area (Å²) in [5.74, 6) is -0.488. The molecule has 0 spiro atoms. The second kappa shape index (κ2) is 7.72. The minimum absolute atomic E-state index is 0.147. The van der Waals surface area contributed by atoms with E-state index in [-0.39, 0.29) is 18.2 Å². The number of aryl methyl sites for hydroxylation is 2. The predicted molar refractivity (Wildman–Crippen MR) is 118 cm³/mol. The first-order valence-corrected chi connectivity index (χ1v) is 9.98. The Bertz CT molecular complexity index is 1260. The van der Waals surface area contributed by atoms with Crippen LogP contribution in [0.25, 0.3) is 21.7 Å². The van der Waals surface area contributed by atoms with Crippen molar-refractivity contribution in [1.82, 2.24) is 5.32 Å². The van der Waals surface area contributed by atoms with Gasteiger partial charge in [0.2, 0.25) is 5.91 Å². The number of carbonyl (C=O) groups is 2. The van der Waals surface area contributed by atoms with E-state index in [1.165, 1.54) is 0 Å². The SMILES string of the molecule is Cc1cc(Br)ccc1NC(=O)CNC(=O)c1oc2c(ccc3ccccc32)c1C. The second-order valence-electron chi connectivity index (χ2n) is 6.91. The predicted octanol–water partition coefficient (Wildman–Crippen LogP) is 5.33. The summed E-state index contributed by atoms with van der Waals surface area (Å²) in [6.45, 7) is 3.60. The Morgan fingerprint density at radius 1 is 1.00 bits per heavy atom. The van der Waals surface area contributed by atoms with Crippen LogP contribution in [0.2, 0.25) is 0 Å². The quantitative estimate of drug-likeness (QED) is 0.441. The summed E-state index contributed by atoms with van der Waals surface area (Å²) >= 11 is 3.39. The Hall–Kier alpha value is -3.12. The summed E-state index contributed by atoms with van der Waals surface area (Å²) in [6.07, 6.45) is 0. The van der Waals surface area contributed by atoms with Crippen molar-refractivity contribution in [2.75, 3.05) is 11.9 Å². The van der Waals surface area contributed by atoms with Gasteiger partial charge in [-0.15, -0.1) is 0 Å². The first-order chi connectivity index (χ1) is 13.9. The molecule has 4 rings (SSSR count). The number of benzene rings is 3. The van der Waals surface area contributed by atoms with Crippen molar-refractivity contribution in [3.05, 3.63) is 76.0 Å². The highest BCUT2D eigenvalue weighted by atomic mass is 79.9. The Labute approximate surface area is 176 Å². The molecule has 2 N–H and O–H groups in total. The fourth-order valence-corrected chi connectivity index (χ4v) is 3.84. The standard InChI is InChI=1S/C23H19BrN2O3/c1-13-11-16(24)8-10-19(13)26-20(27)12-25-23(28)21-14(2)17-9-7-15-5-3-4-6-18(15)22(17)29-21/h3-11H,12H2,1-2H3,(H,25,28)(H,26,27). The molecule has 0 fully saturated rings. The molecule has 2 amide bonds. The summed E-state index contributed by atoms with van der Waals surface area (Å²) in [5, 5.41) is 8.34. The largest absolute Gasteiger partial charge is 0.450 e. The highest BCUT2D eigenvalue weighted by molar-refractivity contribution is 9.10. The van der Waals surface area contributed by atoms with E-state index in [0.717, 1.165) is 31.8 Å². The number of nitrogens with one attached hydrogen (secondary N) is 2. The molecule has 0 aliphatic rings. The van der Waals surface area contributed by atoms with Crippen molar-refractivity contribution in [3.63, 3.8) is 0 Å². The lowest BCUT2D eigenvalue weighted by atomic mass is 10.1. The molecule has 0 bridgehead atoms. The normalized spacial score (nSPS) is 11.0. The summed E-state index contributed by atoms with van der Waals surface area (Å²) in [6, 6.07) is 17.4. The van der Waals surface area contributed by atoms with Crippen LogP contribution in [0.5, 0.6) is 0 Å². The molecule has 0 unspecified atom stereocenters. The number of anilines is 1. The van der Waals surface area contributed by atoms with E-state index in [9.17, 15) is 9.59 Å². The van der Waals surface area contributed by atoms with Crippen molar-refractivity contribution in [1.29, 1.82) is 0 Å². The van der Waals surface area contributed by atoms with Crippen LogP contribution >= 0.6 is 15.9 Å². The molecule has 29 heavy (non-hydrogen) atoms. The lowest BCUT2D eigenvalue weighted by Gasteiger charge is -2.09. The van der Waals surface area contributed by atoms with Gasteiger partial charge >= 0.3 is 0 Å². The number of rotatable bonds is 4. The molecule has 6 heteroatoms. The minimum Gasteiger partial charge on any atom is -0.450 e. The van der Waals surface area contributed by atoms with Gasteiger partial charge in [-0.2, -0.15) is 0 Å². The monoisotopic (exact) mass is 450 g/mol. The van der Waals surface area contributed by atoms with E-state index in [1.807, 2.05) is 68.4 Å². The third kappa shape index (κ3) is 3.76. The molecule has 0 aliphatic carbocycles. The maximum absolute atomic E-state index is 12.6. The number of amides is 2. The molecule has 4 aromatic rings. The molecule has 3 aromatic carbocycles. The Morgan fingerprint density at radius 3 is 2.59 bits per heavy atom. The summed E-state index contributed by atoms with van der Waals surface area (Å²) < 4.78 is 6.85. The van der Waals surface area contributed by atoms with Crippen molar-refractivity contribution >= 4 is 55.2 Å². The van der Waals surface area contributed by atoms with E-state index in [0.29, 0.717) is 11.3 Å². The fourth-order valence-electron chi connectivity index (χ4n) is 3.37. The number of hydrogen-bond acceptors (Lipinski definition) is 3. The molecule has 146 valence electrons. The van der Waals surface area contributed by atoms with Gasteiger partial charge < -0.3 is 15.1 Å². The van der Waals surface area contributed by atoms with Gasteiger partial charge in [0, 0.05) is 26.5 Å². The molecule has 0 saturated carbocycles. The van der Waals surface area contributed by atoms with Gasteiger partial charge in [-0.1, -0.05) is 52.3 Å². The number of hydrogen-bond donors (Lipinski definition) is 2. The summed E-state index contributed by atoms with van der Waals surface area (Å²) in [7, 11) is 0. The van der Waals surface area contributed by atoms with Gasteiger partial charge in [0.1, 0.15) is 5.58 Å². The minimum atomic E-state index is -0.412. The molecule has 1 aromatic heterocycles. The number of halogens is 1. The maximum Gasteiger partial charge on any atom is 0.287 e. The third-order valence-electron chi connectivity index (χ3n) is 4.91. The lowest BCUT2D eigenvalue weighted by Crippen LogP contribution is -2.33. The molecular formula is C23H19BrN2O3. The van der Waals surface area contributed by atoms with Crippen molar-refractivity contribution in [2.45, 2.75) is 13.8 Å². The maximum atomic E-state index is 12.6. The van der Waals surface area contributed by atoms with Gasteiger partial charge in [-0.25, -0.2) is 0 Å². The number of carbonyl (C=O) groups excluding carboxylic acids is 2. The smallest absolute Gasteiger partial charge is 0.287 e. The van der Waals surface area contributed by atoms with Crippen LogP contribution < -0.4 is 10.6 Å². The van der Waals surface area contributed by atoms with Crippen LogP contribution in [-0.4, -0.2) is 18.4 Å². The number of fused-ring (bicyclic) bond motifs is 3. The molecule has 0 atom stereocenters.